The second-order valence-electron chi connectivity index (χ2n) is 8.20. The largest absolute Gasteiger partial charge is 0.354 e. The summed E-state index contributed by atoms with van der Waals surface area (Å²) in [6.07, 6.45) is 12.5. The summed E-state index contributed by atoms with van der Waals surface area (Å²) in [4.78, 5) is 26.0. The van der Waals surface area contributed by atoms with E-state index in [1.165, 1.54) is 16.6 Å². The monoisotopic (exact) mass is 525 g/mol. The zero-order chi connectivity index (χ0) is 23.9. The first-order chi connectivity index (χ1) is 17.9. The first kappa shape index (κ1) is 21.9. The summed E-state index contributed by atoms with van der Waals surface area (Å²) < 4.78 is 2.44. The molecule has 0 saturated carbocycles. The molecule has 7 nitrogen and oxygen atoms in total. The van der Waals surface area contributed by atoms with Crippen molar-refractivity contribution >= 4 is 51.7 Å². The maximum absolute atomic E-state index is 4.62. The molecule has 7 rings (SSSR count). The van der Waals surface area contributed by atoms with Crippen LogP contribution in [-0.2, 0) is 0 Å². The third-order valence-corrected chi connectivity index (χ3v) is 10.6. The van der Waals surface area contributed by atoms with Gasteiger partial charge in [0.15, 0.2) is 5.82 Å². The Hall–Kier alpha value is -3.34. The molecule has 176 valence electrons. The van der Waals surface area contributed by atoms with Gasteiger partial charge in [0.2, 0.25) is 0 Å². The molecule has 6 heterocycles. The molecular weight excluding hydrogens is 507 g/mol. The van der Waals surface area contributed by atoms with E-state index in [1.807, 2.05) is 35.3 Å². The first-order valence-electron chi connectivity index (χ1n) is 11.3. The Labute approximate surface area is 219 Å². The van der Waals surface area contributed by atoms with Gasteiger partial charge in [-0.15, -0.1) is 35.3 Å². The predicted octanol–water partition coefficient (Wildman–Crippen LogP) is 6.52. The van der Waals surface area contributed by atoms with Crippen molar-refractivity contribution in [1.82, 2.24) is 34.3 Å². The van der Waals surface area contributed by atoms with Gasteiger partial charge in [0.1, 0.15) is 12.7 Å². The molecule has 0 spiro atoms. The van der Waals surface area contributed by atoms with Crippen LogP contribution < -0.4 is 0 Å². The van der Waals surface area contributed by atoms with Crippen molar-refractivity contribution in [2.75, 3.05) is 10.2 Å². The Morgan fingerprint density at radius 1 is 0.861 bits per heavy atom. The van der Waals surface area contributed by atoms with Crippen molar-refractivity contribution in [3.8, 4) is 33.9 Å². The highest BCUT2D eigenvalue weighted by Gasteiger charge is 2.29. The number of fused-ring (bicyclic) bond motifs is 2. The number of aromatic nitrogens is 7. The van der Waals surface area contributed by atoms with Gasteiger partial charge >= 0.3 is 0 Å². The van der Waals surface area contributed by atoms with E-state index in [2.05, 4.69) is 83.1 Å². The average molecular weight is 526 g/mol. The molecule has 0 aliphatic carbocycles. The number of nitrogens with one attached hydrogen (secondary N) is 1. The summed E-state index contributed by atoms with van der Waals surface area (Å²) in [5.41, 5.74) is 8.52. The van der Waals surface area contributed by atoms with Crippen molar-refractivity contribution in [3.63, 3.8) is 0 Å². The smallest absolute Gasteiger partial charge is 0.164 e. The number of nitrogens with zero attached hydrogens (tertiary/aromatic N) is 6. The molecule has 0 radical (unpaired) electrons. The van der Waals surface area contributed by atoms with Crippen LogP contribution in [-0.4, -0.2) is 44.5 Å². The molecule has 0 bridgehead atoms. The Morgan fingerprint density at radius 3 is 2.58 bits per heavy atom. The minimum absolute atomic E-state index is 0.270. The Kier molecular flexibility index (Phi) is 5.64. The van der Waals surface area contributed by atoms with Gasteiger partial charge in [-0.3, -0.25) is 9.97 Å². The van der Waals surface area contributed by atoms with E-state index in [4.69, 9.17) is 0 Å². The number of rotatable bonds is 4. The highest BCUT2D eigenvalue weighted by Crippen LogP contribution is 2.54. The van der Waals surface area contributed by atoms with Crippen LogP contribution in [0.4, 0.5) is 0 Å². The van der Waals surface area contributed by atoms with Gasteiger partial charge in [0.05, 0.1) is 27.7 Å². The van der Waals surface area contributed by atoms with Crippen LogP contribution in [0, 0.1) is 0 Å². The van der Waals surface area contributed by atoms with Crippen LogP contribution in [0.3, 0.4) is 0 Å². The normalized spacial score (nSPS) is 14.6. The van der Waals surface area contributed by atoms with Crippen LogP contribution >= 0.6 is 35.3 Å². The SMILES string of the molecule is c1ccn2ccc(-c3[nH]c4ccc(-c5cnccn5)c(-c5ncncn5)c4c3C3SCSCS3)c2c1. The third kappa shape index (κ3) is 3.68. The number of benzene rings is 1. The maximum atomic E-state index is 4.62. The standard InChI is InChI=1S/C26H19N7S3/c1-2-9-33-10-6-17(20(33)3-1)24-23(26-35-14-34-15-36-26)22-18(32-24)5-4-16(19-11-27-7-8-29-19)21(22)25-30-12-28-13-31-25/h1-13,26,32H,14-15H2. The van der Waals surface area contributed by atoms with Crippen molar-refractivity contribution in [2.45, 2.75) is 4.58 Å². The number of hydrogen-bond donors (Lipinski definition) is 1. The van der Waals surface area contributed by atoms with Crippen LogP contribution in [0.5, 0.6) is 0 Å². The molecular formula is C26H19N7S3. The van der Waals surface area contributed by atoms with Crippen LogP contribution in [0.15, 0.2) is 80.0 Å². The predicted molar refractivity (Wildman–Crippen MR) is 150 cm³/mol. The number of H-pyrrole nitrogens is 1. The van der Waals surface area contributed by atoms with Gasteiger partial charge in [-0.1, -0.05) is 6.07 Å². The molecule has 1 aromatic carbocycles. The van der Waals surface area contributed by atoms with Crippen molar-refractivity contribution < 1.29 is 0 Å². The van der Waals surface area contributed by atoms with Gasteiger partial charge < -0.3 is 9.38 Å². The molecule has 10 heteroatoms. The molecule has 5 aromatic heterocycles. The molecule has 1 aliphatic heterocycles. The van der Waals surface area contributed by atoms with E-state index in [-0.39, 0.29) is 4.58 Å². The van der Waals surface area contributed by atoms with E-state index < -0.39 is 0 Å². The Morgan fingerprint density at radius 2 is 1.75 bits per heavy atom. The quantitative estimate of drug-likeness (QED) is 0.278. The number of thioether (sulfide) groups is 3. The van der Waals surface area contributed by atoms with Gasteiger partial charge in [0.25, 0.3) is 0 Å². The third-order valence-electron chi connectivity index (χ3n) is 6.24. The van der Waals surface area contributed by atoms with Crippen LogP contribution in [0.2, 0.25) is 0 Å². The van der Waals surface area contributed by atoms with Gasteiger partial charge in [-0.25, -0.2) is 15.0 Å². The van der Waals surface area contributed by atoms with Gasteiger partial charge in [0, 0.05) is 68.1 Å². The maximum Gasteiger partial charge on any atom is 0.164 e. The minimum Gasteiger partial charge on any atom is -0.354 e. The number of pyridine rings is 1. The Bertz CT molecular complexity index is 1680. The fourth-order valence-corrected chi connectivity index (χ4v) is 9.58. The summed E-state index contributed by atoms with van der Waals surface area (Å²) in [5.74, 6) is 0.630. The highest BCUT2D eigenvalue weighted by atomic mass is 32.3. The topological polar surface area (TPSA) is 84.7 Å². The lowest BCUT2D eigenvalue weighted by Gasteiger charge is -2.22. The van der Waals surface area contributed by atoms with E-state index in [9.17, 15) is 0 Å². The highest BCUT2D eigenvalue weighted by molar-refractivity contribution is 8.32. The van der Waals surface area contributed by atoms with Gasteiger partial charge in [-0.05, 0) is 30.3 Å². The molecule has 36 heavy (non-hydrogen) atoms. The van der Waals surface area contributed by atoms with E-state index in [0.29, 0.717) is 5.82 Å². The molecule has 1 fully saturated rings. The lowest BCUT2D eigenvalue weighted by Crippen LogP contribution is -2.00. The van der Waals surface area contributed by atoms with E-state index in [0.717, 1.165) is 43.6 Å². The second-order valence-corrected chi connectivity index (χ2v) is 12.4. The van der Waals surface area contributed by atoms with Crippen molar-refractivity contribution in [1.29, 1.82) is 0 Å². The zero-order valence-corrected chi connectivity index (χ0v) is 21.4. The minimum atomic E-state index is 0.270. The summed E-state index contributed by atoms with van der Waals surface area (Å²) in [6.45, 7) is 0. The molecule has 1 aliphatic rings. The zero-order valence-electron chi connectivity index (χ0n) is 18.9. The molecule has 6 aromatic rings. The molecule has 1 saturated heterocycles. The Balaban J connectivity index is 1.60. The lowest BCUT2D eigenvalue weighted by molar-refractivity contribution is 1.06. The summed E-state index contributed by atoms with van der Waals surface area (Å²) in [6, 6.07) is 12.7. The summed E-state index contributed by atoms with van der Waals surface area (Å²) >= 11 is 5.92. The number of aromatic amines is 1. The molecule has 1 N–H and O–H groups in total. The van der Waals surface area contributed by atoms with Crippen molar-refractivity contribution in [3.05, 3.63) is 85.6 Å². The van der Waals surface area contributed by atoms with E-state index >= 15 is 0 Å². The molecule has 0 unspecified atom stereocenters. The second kappa shape index (κ2) is 9.27. The van der Waals surface area contributed by atoms with E-state index in [1.54, 1.807) is 31.2 Å². The first-order valence-corrected chi connectivity index (χ1v) is 14.6. The molecule has 0 amide bonds. The van der Waals surface area contributed by atoms with Crippen LogP contribution in [0.25, 0.3) is 50.3 Å². The average Bonchev–Trinajstić information content (AvgIpc) is 3.55. The number of hydrogen-bond acceptors (Lipinski definition) is 8. The fraction of sp³-hybridized carbons (Fsp3) is 0.115. The van der Waals surface area contributed by atoms with Gasteiger partial charge in [-0.2, -0.15) is 0 Å². The summed E-state index contributed by atoms with van der Waals surface area (Å²) in [7, 11) is 0. The fourth-order valence-electron chi connectivity index (χ4n) is 4.75. The summed E-state index contributed by atoms with van der Waals surface area (Å²) in [5, 5.41) is 3.25. The van der Waals surface area contributed by atoms with Crippen molar-refractivity contribution in [2.24, 2.45) is 0 Å². The molecule has 0 atom stereocenters. The van der Waals surface area contributed by atoms with Crippen LogP contribution in [0.1, 0.15) is 10.1 Å². The lowest BCUT2D eigenvalue weighted by atomic mass is 9.96.